The molecule has 1 fully saturated rings. The number of fused-ring (bicyclic) bond motifs is 7. The smallest absolute Gasteiger partial charge is 0.319 e. The van der Waals surface area contributed by atoms with Crippen LogP contribution in [0, 0.1) is 17.8 Å². The van der Waals surface area contributed by atoms with Crippen LogP contribution in [0.15, 0.2) is 97.1 Å². The van der Waals surface area contributed by atoms with Gasteiger partial charge in [-0.15, -0.1) is 0 Å². The SMILES string of the molecule is COc1ccccc1N1C(=O)[C@@H]2[C@@H]3C(=O)Oc4ccc5ccccc5c4C3=C[C@H](c3ccccc3)[C@@H]2C1=O. The highest BCUT2D eigenvalue weighted by molar-refractivity contribution is 6.25. The first kappa shape index (κ1) is 22.5. The molecule has 2 aliphatic heterocycles. The molecule has 1 aliphatic carbocycles. The van der Waals surface area contributed by atoms with Crippen molar-refractivity contribution in [1.82, 2.24) is 0 Å². The molecule has 0 bridgehead atoms. The lowest BCUT2D eigenvalue weighted by molar-refractivity contribution is -0.142. The van der Waals surface area contributed by atoms with Crippen LogP contribution in [0.4, 0.5) is 5.69 Å². The third-order valence-electron chi connectivity index (χ3n) is 7.99. The average Bonchev–Trinajstić information content (AvgIpc) is 3.22. The summed E-state index contributed by atoms with van der Waals surface area (Å²) in [6, 6.07) is 28.3. The zero-order valence-corrected chi connectivity index (χ0v) is 20.5. The maximum absolute atomic E-state index is 14.2. The minimum atomic E-state index is -0.905. The average molecular weight is 502 g/mol. The Labute approximate surface area is 219 Å². The van der Waals surface area contributed by atoms with Crippen LogP contribution in [-0.2, 0) is 14.4 Å². The summed E-state index contributed by atoms with van der Waals surface area (Å²) in [5.74, 6) is -3.34. The molecule has 6 heteroatoms. The van der Waals surface area contributed by atoms with Gasteiger partial charge in [0.25, 0.3) is 0 Å². The minimum absolute atomic E-state index is 0.342. The number of hydrogen-bond donors (Lipinski definition) is 0. The van der Waals surface area contributed by atoms with E-state index in [1.807, 2.05) is 66.7 Å². The van der Waals surface area contributed by atoms with Crippen molar-refractivity contribution in [3.8, 4) is 11.5 Å². The van der Waals surface area contributed by atoms with Crippen LogP contribution in [0.25, 0.3) is 16.3 Å². The van der Waals surface area contributed by atoms with E-state index in [4.69, 9.17) is 9.47 Å². The maximum atomic E-state index is 14.2. The van der Waals surface area contributed by atoms with E-state index in [-0.39, 0.29) is 5.91 Å². The van der Waals surface area contributed by atoms with Crippen LogP contribution >= 0.6 is 0 Å². The first-order valence-electron chi connectivity index (χ1n) is 12.6. The molecule has 0 saturated carbocycles. The minimum Gasteiger partial charge on any atom is -0.495 e. The fourth-order valence-electron chi connectivity index (χ4n) is 6.38. The van der Waals surface area contributed by atoms with Crippen LogP contribution < -0.4 is 14.4 Å². The second kappa shape index (κ2) is 8.42. The summed E-state index contributed by atoms with van der Waals surface area (Å²) in [7, 11) is 1.50. The molecule has 2 amide bonds. The van der Waals surface area contributed by atoms with Gasteiger partial charge in [-0.2, -0.15) is 0 Å². The Bertz CT molecular complexity index is 1670. The van der Waals surface area contributed by atoms with E-state index < -0.39 is 35.5 Å². The maximum Gasteiger partial charge on any atom is 0.319 e. The molecule has 0 N–H and O–H groups in total. The van der Waals surface area contributed by atoms with E-state index in [2.05, 4.69) is 0 Å². The fourth-order valence-corrected chi connectivity index (χ4v) is 6.38. The standard InChI is InChI=1S/C32H23NO5/c1-37-24-14-8-7-13-23(24)33-30(34)27-21(18-9-3-2-4-10-18)17-22-26-20-12-6-5-11-19(20)15-16-25(26)38-32(36)28(22)29(27)31(33)35/h2-17,21,27-29H,1H3/t21-,27+,28-,29+/m1/s1. The summed E-state index contributed by atoms with van der Waals surface area (Å²) in [4.78, 5) is 43.1. The van der Waals surface area contributed by atoms with Crippen LogP contribution in [0.1, 0.15) is 17.0 Å². The first-order chi connectivity index (χ1) is 18.6. The Balaban J connectivity index is 1.48. The predicted octanol–water partition coefficient (Wildman–Crippen LogP) is 5.37. The largest absolute Gasteiger partial charge is 0.495 e. The third-order valence-corrected chi connectivity index (χ3v) is 7.99. The van der Waals surface area contributed by atoms with Gasteiger partial charge in [0.05, 0.1) is 30.6 Å². The summed E-state index contributed by atoms with van der Waals surface area (Å²) in [5.41, 5.74) is 2.84. The molecule has 6 nitrogen and oxygen atoms in total. The van der Waals surface area contributed by atoms with Crippen molar-refractivity contribution in [1.29, 1.82) is 0 Å². The number of carbonyl (C=O) groups excluding carboxylic acids is 3. The molecular weight excluding hydrogens is 478 g/mol. The lowest BCUT2D eigenvalue weighted by Gasteiger charge is -2.38. The summed E-state index contributed by atoms with van der Waals surface area (Å²) in [5, 5.41) is 1.95. The lowest BCUT2D eigenvalue weighted by atomic mass is 9.64. The highest BCUT2D eigenvalue weighted by Crippen LogP contribution is 2.56. The van der Waals surface area contributed by atoms with Crippen molar-refractivity contribution >= 4 is 39.8 Å². The number of rotatable bonds is 3. The highest BCUT2D eigenvalue weighted by Gasteiger charge is 2.60. The van der Waals surface area contributed by atoms with Gasteiger partial charge in [-0.3, -0.25) is 14.4 Å². The molecule has 0 radical (unpaired) electrons. The number of ether oxygens (including phenoxy) is 2. The van der Waals surface area contributed by atoms with E-state index in [1.54, 1.807) is 30.3 Å². The molecule has 186 valence electrons. The Kier molecular flexibility index (Phi) is 4.98. The lowest BCUT2D eigenvalue weighted by Crippen LogP contribution is -2.42. The normalized spacial score (nSPS) is 23.9. The van der Waals surface area contributed by atoms with Gasteiger partial charge in [-0.1, -0.05) is 78.9 Å². The number of anilines is 1. The second-order valence-electron chi connectivity index (χ2n) is 9.85. The van der Waals surface area contributed by atoms with Gasteiger partial charge < -0.3 is 9.47 Å². The van der Waals surface area contributed by atoms with E-state index in [9.17, 15) is 14.4 Å². The number of benzene rings is 4. The zero-order valence-electron chi connectivity index (χ0n) is 20.5. The van der Waals surface area contributed by atoms with Crippen molar-refractivity contribution in [3.63, 3.8) is 0 Å². The molecule has 3 aliphatic rings. The summed E-state index contributed by atoms with van der Waals surface area (Å²) < 4.78 is 11.3. The van der Waals surface area contributed by atoms with Crippen LogP contribution in [0.2, 0.25) is 0 Å². The van der Waals surface area contributed by atoms with Gasteiger partial charge >= 0.3 is 5.97 Å². The Morgan fingerprint density at radius 1 is 0.763 bits per heavy atom. The zero-order chi connectivity index (χ0) is 26.0. The number of esters is 1. The Morgan fingerprint density at radius 3 is 2.29 bits per heavy atom. The first-order valence-corrected chi connectivity index (χ1v) is 12.6. The Hall–Kier alpha value is -4.71. The van der Waals surface area contributed by atoms with Crippen molar-refractivity contribution < 1.29 is 23.9 Å². The van der Waals surface area contributed by atoms with Gasteiger partial charge in [0.2, 0.25) is 11.8 Å². The van der Waals surface area contributed by atoms with Crippen LogP contribution in [0.5, 0.6) is 11.5 Å². The van der Waals surface area contributed by atoms with Gasteiger partial charge in [-0.05, 0) is 40.1 Å². The van der Waals surface area contributed by atoms with Crippen molar-refractivity contribution in [2.24, 2.45) is 17.8 Å². The molecule has 2 heterocycles. The topological polar surface area (TPSA) is 72.9 Å². The molecule has 0 aromatic heterocycles. The Morgan fingerprint density at radius 2 is 1.47 bits per heavy atom. The van der Waals surface area contributed by atoms with Crippen LogP contribution in [-0.4, -0.2) is 24.9 Å². The number of imide groups is 1. The fraction of sp³-hybridized carbons (Fsp3) is 0.156. The second-order valence-corrected chi connectivity index (χ2v) is 9.85. The number of hydrogen-bond acceptors (Lipinski definition) is 5. The van der Waals surface area contributed by atoms with E-state index in [1.165, 1.54) is 12.0 Å². The summed E-state index contributed by atoms with van der Waals surface area (Å²) in [6.07, 6.45) is 2.02. The molecule has 4 aromatic carbocycles. The molecule has 4 atom stereocenters. The highest BCUT2D eigenvalue weighted by atomic mass is 16.5. The third kappa shape index (κ3) is 3.10. The van der Waals surface area contributed by atoms with E-state index >= 15 is 0 Å². The van der Waals surface area contributed by atoms with Crippen molar-refractivity contribution in [2.75, 3.05) is 12.0 Å². The molecule has 38 heavy (non-hydrogen) atoms. The van der Waals surface area contributed by atoms with Gasteiger partial charge in [-0.25, -0.2) is 4.90 Å². The monoisotopic (exact) mass is 501 g/mol. The van der Waals surface area contributed by atoms with Gasteiger partial charge in [0, 0.05) is 11.5 Å². The van der Waals surface area contributed by atoms with E-state index in [0.717, 1.165) is 27.5 Å². The number of amides is 2. The molecule has 0 unspecified atom stereocenters. The summed E-state index contributed by atoms with van der Waals surface area (Å²) >= 11 is 0. The number of carbonyl (C=O) groups is 3. The molecule has 4 aromatic rings. The molecule has 1 saturated heterocycles. The predicted molar refractivity (Wildman–Crippen MR) is 143 cm³/mol. The molecule has 0 spiro atoms. The van der Waals surface area contributed by atoms with Crippen molar-refractivity contribution in [3.05, 3.63) is 108 Å². The quantitative estimate of drug-likeness (QED) is 0.214. The number of para-hydroxylation sites is 2. The molecular formula is C32H23NO5. The van der Waals surface area contributed by atoms with Crippen LogP contribution in [0.3, 0.4) is 0 Å². The number of allylic oxidation sites excluding steroid dienone is 1. The number of methoxy groups -OCH3 is 1. The van der Waals surface area contributed by atoms with E-state index in [0.29, 0.717) is 17.2 Å². The molecule has 7 rings (SSSR count). The van der Waals surface area contributed by atoms with Gasteiger partial charge in [0.15, 0.2) is 0 Å². The van der Waals surface area contributed by atoms with Crippen molar-refractivity contribution in [2.45, 2.75) is 5.92 Å². The summed E-state index contributed by atoms with van der Waals surface area (Å²) in [6.45, 7) is 0. The van der Waals surface area contributed by atoms with Gasteiger partial charge in [0.1, 0.15) is 11.5 Å². The number of nitrogens with zero attached hydrogens (tertiary/aromatic N) is 1.